The Labute approximate surface area is 161 Å². The largest absolute Gasteiger partial charge is 0.504 e. The van der Waals surface area contributed by atoms with Gasteiger partial charge in [0.1, 0.15) is 0 Å². The number of esters is 1. The van der Waals surface area contributed by atoms with Crippen LogP contribution < -0.4 is 15.1 Å². The standard InChI is InChI=1S/C22H20O6/c1-2-3-4-8-14-26-19-16-12-9-13-17(23)18(16)27-22(25)20(19)28-21(24)15-10-6-5-7-11-15/h3-7,9-13,23H,2,8,14H2,1H3/b4-3+. The van der Waals surface area contributed by atoms with Crippen molar-refractivity contribution in [2.45, 2.75) is 19.8 Å². The average Bonchev–Trinajstić information content (AvgIpc) is 2.71. The second-order valence-corrected chi connectivity index (χ2v) is 5.97. The highest BCUT2D eigenvalue weighted by Gasteiger charge is 2.22. The van der Waals surface area contributed by atoms with Crippen molar-refractivity contribution in [3.63, 3.8) is 0 Å². The third-order valence-corrected chi connectivity index (χ3v) is 3.96. The molecule has 6 nitrogen and oxygen atoms in total. The quantitative estimate of drug-likeness (QED) is 0.282. The van der Waals surface area contributed by atoms with Gasteiger partial charge in [-0.25, -0.2) is 9.59 Å². The minimum atomic E-state index is -0.905. The minimum Gasteiger partial charge on any atom is -0.504 e. The third kappa shape index (κ3) is 4.23. The summed E-state index contributed by atoms with van der Waals surface area (Å²) in [6.45, 7) is 2.29. The van der Waals surface area contributed by atoms with Gasteiger partial charge in [-0.15, -0.1) is 0 Å². The average molecular weight is 380 g/mol. The molecule has 144 valence electrons. The van der Waals surface area contributed by atoms with Gasteiger partial charge in [-0.2, -0.15) is 0 Å². The number of aromatic hydroxyl groups is 1. The maximum atomic E-state index is 12.5. The van der Waals surface area contributed by atoms with E-state index in [1.165, 1.54) is 6.07 Å². The van der Waals surface area contributed by atoms with E-state index in [0.717, 1.165) is 6.42 Å². The molecule has 0 amide bonds. The Balaban J connectivity index is 2.01. The molecule has 0 unspecified atom stereocenters. The molecule has 0 atom stereocenters. The molecule has 0 saturated carbocycles. The molecule has 28 heavy (non-hydrogen) atoms. The fourth-order valence-electron chi connectivity index (χ4n) is 2.64. The Kier molecular flexibility index (Phi) is 6.11. The summed E-state index contributed by atoms with van der Waals surface area (Å²) in [5.41, 5.74) is -0.641. The van der Waals surface area contributed by atoms with E-state index in [9.17, 15) is 14.7 Å². The molecule has 6 heteroatoms. The summed E-state index contributed by atoms with van der Waals surface area (Å²) in [4.78, 5) is 24.9. The highest BCUT2D eigenvalue weighted by molar-refractivity contribution is 5.94. The first-order chi connectivity index (χ1) is 13.6. The fraction of sp³-hybridized carbons (Fsp3) is 0.182. The summed E-state index contributed by atoms with van der Waals surface area (Å²) in [6, 6.07) is 12.9. The number of hydrogen-bond acceptors (Lipinski definition) is 6. The van der Waals surface area contributed by atoms with Gasteiger partial charge in [-0.3, -0.25) is 0 Å². The van der Waals surface area contributed by atoms with Gasteiger partial charge in [0.15, 0.2) is 17.1 Å². The molecule has 0 aliphatic heterocycles. The van der Waals surface area contributed by atoms with E-state index in [1.54, 1.807) is 42.5 Å². The van der Waals surface area contributed by atoms with Gasteiger partial charge < -0.3 is 19.0 Å². The number of carbonyl (C=O) groups is 1. The molecule has 0 spiro atoms. The lowest BCUT2D eigenvalue weighted by Crippen LogP contribution is -2.16. The molecule has 0 fully saturated rings. The summed E-state index contributed by atoms with van der Waals surface area (Å²) in [5, 5.41) is 10.3. The van der Waals surface area contributed by atoms with Crippen molar-refractivity contribution in [3.8, 4) is 17.2 Å². The Bertz CT molecular complexity index is 1050. The molecule has 1 aromatic heterocycles. The molecule has 3 aromatic rings. The topological polar surface area (TPSA) is 86.0 Å². The first-order valence-electron chi connectivity index (χ1n) is 8.95. The van der Waals surface area contributed by atoms with Crippen molar-refractivity contribution in [3.05, 3.63) is 76.7 Å². The van der Waals surface area contributed by atoms with Gasteiger partial charge in [-0.05, 0) is 37.1 Å². The summed E-state index contributed by atoms with van der Waals surface area (Å²) < 4.78 is 16.3. The van der Waals surface area contributed by atoms with E-state index in [1.807, 2.05) is 19.1 Å². The number of phenols is 1. The van der Waals surface area contributed by atoms with E-state index in [-0.39, 0.29) is 35.0 Å². The number of phenolic OH excluding ortho intramolecular Hbond substituents is 1. The van der Waals surface area contributed by atoms with Crippen LogP contribution in [0.25, 0.3) is 11.0 Å². The van der Waals surface area contributed by atoms with Crippen molar-refractivity contribution in [1.29, 1.82) is 0 Å². The van der Waals surface area contributed by atoms with Crippen LogP contribution in [0.4, 0.5) is 0 Å². The monoisotopic (exact) mass is 380 g/mol. The fourth-order valence-corrected chi connectivity index (χ4v) is 2.64. The number of para-hydroxylation sites is 1. The Morgan fingerprint density at radius 1 is 1.07 bits per heavy atom. The number of carbonyl (C=O) groups excluding carboxylic acids is 1. The predicted molar refractivity (Wildman–Crippen MR) is 105 cm³/mol. The normalized spacial score (nSPS) is 11.0. The van der Waals surface area contributed by atoms with Gasteiger partial charge in [0.25, 0.3) is 5.75 Å². The Hall–Kier alpha value is -3.54. The van der Waals surface area contributed by atoms with Gasteiger partial charge >= 0.3 is 11.6 Å². The van der Waals surface area contributed by atoms with E-state index in [4.69, 9.17) is 13.9 Å². The molecular formula is C22H20O6. The number of benzene rings is 2. The van der Waals surface area contributed by atoms with Crippen LogP contribution in [0.3, 0.4) is 0 Å². The summed E-state index contributed by atoms with van der Waals surface area (Å²) in [6.07, 6.45) is 5.48. The molecular weight excluding hydrogens is 360 g/mol. The summed E-state index contributed by atoms with van der Waals surface area (Å²) >= 11 is 0. The van der Waals surface area contributed by atoms with Crippen LogP contribution in [0.2, 0.25) is 0 Å². The van der Waals surface area contributed by atoms with E-state index < -0.39 is 11.6 Å². The van der Waals surface area contributed by atoms with Gasteiger partial charge in [0.2, 0.25) is 0 Å². The Morgan fingerprint density at radius 3 is 2.61 bits per heavy atom. The first-order valence-corrected chi connectivity index (χ1v) is 8.95. The summed E-state index contributed by atoms with van der Waals surface area (Å²) in [5.74, 6) is -1.18. The predicted octanol–water partition coefficient (Wildman–Crippen LogP) is 4.45. The highest BCUT2D eigenvalue weighted by atomic mass is 16.6. The van der Waals surface area contributed by atoms with Crippen LogP contribution in [-0.2, 0) is 0 Å². The zero-order valence-corrected chi connectivity index (χ0v) is 15.4. The lowest BCUT2D eigenvalue weighted by atomic mass is 10.2. The molecule has 3 rings (SSSR count). The van der Waals surface area contributed by atoms with E-state index in [2.05, 4.69) is 0 Å². The molecule has 0 bridgehead atoms. The van der Waals surface area contributed by atoms with Crippen LogP contribution in [0.15, 0.2) is 69.9 Å². The molecule has 0 aliphatic carbocycles. The number of allylic oxidation sites excluding steroid dienone is 1. The lowest BCUT2D eigenvalue weighted by Gasteiger charge is -2.13. The lowest BCUT2D eigenvalue weighted by molar-refractivity contribution is 0.0722. The van der Waals surface area contributed by atoms with Gasteiger partial charge in [0, 0.05) is 0 Å². The van der Waals surface area contributed by atoms with Crippen molar-refractivity contribution < 1.29 is 23.8 Å². The van der Waals surface area contributed by atoms with Crippen molar-refractivity contribution >= 4 is 16.9 Å². The van der Waals surface area contributed by atoms with E-state index >= 15 is 0 Å². The first kappa shape index (κ1) is 19.2. The zero-order valence-electron chi connectivity index (χ0n) is 15.4. The van der Waals surface area contributed by atoms with Crippen molar-refractivity contribution in [2.75, 3.05) is 6.61 Å². The second kappa shape index (κ2) is 8.90. The molecule has 0 radical (unpaired) electrons. The number of ether oxygens (including phenoxy) is 2. The van der Waals surface area contributed by atoms with Crippen LogP contribution >= 0.6 is 0 Å². The van der Waals surface area contributed by atoms with Crippen LogP contribution in [0, 0.1) is 0 Å². The van der Waals surface area contributed by atoms with Crippen molar-refractivity contribution in [1.82, 2.24) is 0 Å². The van der Waals surface area contributed by atoms with E-state index in [0.29, 0.717) is 11.8 Å². The minimum absolute atomic E-state index is 0.0221. The SMILES string of the molecule is CC/C=C/CCOc1c(OC(=O)c2ccccc2)c(=O)oc2c(O)cccc12. The third-order valence-electron chi connectivity index (χ3n) is 3.96. The van der Waals surface area contributed by atoms with Crippen LogP contribution in [0.1, 0.15) is 30.1 Å². The molecule has 0 aliphatic rings. The summed E-state index contributed by atoms with van der Waals surface area (Å²) in [7, 11) is 0. The van der Waals surface area contributed by atoms with Crippen LogP contribution in [-0.4, -0.2) is 17.7 Å². The molecule has 2 aromatic carbocycles. The maximum absolute atomic E-state index is 12.5. The van der Waals surface area contributed by atoms with Crippen molar-refractivity contribution in [2.24, 2.45) is 0 Å². The van der Waals surface area contributed by atoms with Gasteiger partial charge in [0.05, 0.1) is 17.6 Å². The molecule has 1 heterocycles. The van der Waals surface area contributed by atoms with Crippen LogP contribution in [0.5, 0.6) is 17.2 Å². The Morgan fingerprint density at radius 2 is 1.86 bits per heavy atom. The number of fused-ring (bicyclic) bond motifs is 1. The molecule has 1 N–H and O–H groups in total. The smallest absolute Gasteiger partial charge is 0.383 e. The van der Waals surface area contributed by atoms with Gasteiger partial charge in [-0.1, -0.05) is 43.3 Å². The maximum Gasteiger partial charge on any atom is 0.383 e. The highest BCUT2D eigenvalue weighted by Crippen LogP contribution is 2.36. The second-order valence-electron chi connectivity index (χ2n) is 5.97. The number of hydrogen-bond donors (Lipinski definition) is 1. The number of rotatable bonds is 7. The zero-order chi connectivity index (χ0) is 19.9. The molecule has 0 saturated heterocycles.